The number of esters is 1. The predicted molar refractivity (Wildman–Crippen MR) is 121 cm³/mol. The SMILES string of the molecule is CCCCCC1CCC(c2ccc(/C=C/C(=O)OCCN3C(=O)C=CC3=O)cc2)CC1. The summed E-state index contributed by atoms with van der Waals surface area (Å²) >= 11 is 0. The number of hydrogen-bond donors (Lipinski definition) is 0. The number of carbonyl (C=O) groups is 3. The van der Waals surface area contributed by atoms with Crippen LogP contribution in [-0.4, -0.2) is 35.8 Å². The zero-order chi connectivity index (χ0) is 22.1. The van der Waals surface area contributed by atoms with Gasteiger partial charge in [-0.3, -0.25) is 14.5 Å². The third-order valence-corrected chi connectivity index (χ3v) is 6.34. The van der Waals surface area contributed by atoms with Crippen LogP contribution in [0.3, 0.4) is 0 Å². The zero-order valence-electron chi connectivity index (χ0n) is 18.4. The van der Waals surface area contributed by atoms with Crippen LogP contribution in [0.2, 0.25) is 0 Å². The van der Waals surface area contributed by atoms with Crippen molar-refractivity contribution in [2.75, 3.05) is 13.2 Å². The molecule has 166 valence electrons. The molecular weight excluding hydrogens is 390 g/mol. The quantitative estimate of drug-likeness (QED) is 0.229. The van der Waals surface area contributed by atoms with Crippen molar-refractivity contribution in [3.63, 3.8) is 0 Å². The molecule has 0 bridgehead atoms. The second-order valence-corrected chi connectivity index (χ2v) is 8.54. The van der Waals surface area contributed by atoms with Gasteiger partial charge in [-0.2, -0.15) is 0 Å². The summed E-state index contributed by atoms with van der Waals surface area (Å²) in [6.45, 7) is 2.32. The van der Waals surface area contributed by atoms with E-state index in [0.717, 1.165) is 16.4 Å². The van der Waals surface area contributed by atoms with Gasteiger partial charge in [-0.25, -0.2) is 4.79 Å². The number of rotatable bonds is 10. The highest BCUT2D eigenvalue weighted by Gasteiger charge is 2.23. The van der Waals surface area contributed by atoms with Crippen molar-refractivity contribution in [2.45, 2.75) is 64.2 Å². The van der Waals surface area contributed by atoms with Crippen LogP contribution in [0.4, 0.5) is 0 Å². The molecule has 1 aliphatic carbocycles. The van der Waals surface area contributed by atoms with E-state index in [9.17, 15) is 14.4 Å². The molecule has 3 rings (SSSR count). The Morgan fingerprint density at radius 1 is 1.03 bits per heavy atom. The van der Waals surface area contributed by atoms with Gasteiger partial charge in [0.05, 0.1) is 6.54 Å². The minimum Gasteiger partial charge on any atom is -0.461 e. The molecule has 0 radical (unpaired) electrons. The molecule has 0 aromatic heterocycles. The van der Waals surface area contributed by atoms with E-state index in [4.69, 9.17) is 4.74 Å². The summed E-state index contributed by atoms with van der Waals surface area (Å²) in [5.74, 6) is 0.325. The number of unbranched alkanes of at least 4 members (excludes halogenated alkanes) is 2. The fourth-order valence-corrected chi connectivity index (χ4v) is 4.45. The van der Waals surface area contributed by atoms with Crippen molar-refractivity contribution in [3.05, 3.63) is 53.6 Å². The van der Waals surface area contributed by atoms with Crippen molar-refractivity contribution in [3.8, 4) is 0 Å². The fourth-order valence-electron chi connectivity index (χ4n) is 4.45. The van der Waals surface area contributed by atoms with Crippen molar-refractivity contribution in [1.29, 1.82) is 0 Å². The molecule has 2 amide bonds. The van der Waals surface area contributed by atoms with Crippen LogP contribution >= 0.6 is 0 Å². The van der Waals surface area contributed by atoms with Crippen molar-refractivity contribution in [2.24, 2.45) is 5.92 Å². The highest BCUT2D eigenvalue weighted by Crippen LogP contribution is 2.37. The van der Waals surface area contributed by atoms with Crippen molar-refractivity contribution < 1.29 is 19.1 Å². The van der Waals surface area contributed by atoms with Crippen LogP contribution in [0.1, 0.15) is 75.3 Å². The van der Waals surface area contributed by atoms with Crippen LogP contribution in [-0.2, 0) is 19.1 Å². The molecule has 0 N–H and O–H groups in total. The standard InChI is InChI=1S/C26H33NO4/c1-2-3-4-5-20-6-11-22(12-7-20)23-13-8-21(9-14-23)10-17-26(30)31-19-18-27-24(28)15-16-25(27)29/h8-10,13-17,20,22H,2-7,11-12,18-19H2,1H3/b17-10+. The van der Waals surface area contributed by atoms with Crippen LogP contribution < -0.4 is 0 Å². The lowest BCUT2D eigenvalue weighted by atomic mass is 9.77. The van der Waals surface area contributed by atoms with Gasteiger partial charge in [-0.1, -0.05) is 56.9 Å². The summed E-state index contributed by atoms with van der Waals surface area (Å²) < 4.78 is 5.09. The molecule has 1 aliphatic heterocycles. The van der Waals surface area contributed by atoms with Crippen molar-refractivity contribution in [1.82, 2.24) is 4.90 Å². The summed E-state index contributed by atoms with van der Waals surface area (Å²) in [6.07, 6.45) is 16.2. The second kappa shape index (κ2) is 11.6. The lowest BCUT2D eigenvalue weighted by molar-refractivity contribution is -0.143. The molecule has 31 heavy (non-hydrogen) atoms. The highest BCUT2D eigenvalue weighted by molar-refractivity contribution is 6.12. The van der Waals surface area contributed by atoms with Crippen LogP contribution in [0.5, 0.6) is 0 Å². The van der Waals surface area contributed by atoms with Gasteiger partial charge in [0.2, 0.25) is 0 Å². The number of ether oxygens (including phenoxy) is 1. The minimum absolute atomic E-state index is 0.0115. The first kappa shape index (κ1) is 23.0. The number of carbonyl (C=O) groups excluding carboxylic acids is 3. The lowest BCUT2D eigenvalue weighted by Crippen LogP contribution is -2.33. The van der Waals surface area contributed by atoms with Gasteiger partial charge in [-0.15, -0.1) is 0 Å². The minimum atomic E-state index is -0.488. The second-order valence-electron chi connectivity index (χ2n) is 8.54. The van der Waals surface area contributed by atoms with E-state index in [1.165, 1.54) is 75.2 Å². The third kappa shape index (κ3) is 6.91. The molecular formula is C26H33NO4. The van der Waals surface area contributed by atoms with Crippen molar-refractivity contribution >= 4 is 23.9 Å². The Labute approximate surface area is 185 Å². The monoisotopic (exact) mass is 423 g/mol. The summed E-state index contributed by atoms with van der Waals surface area (Å²) in [4.78, 5) is 35.8. The normalized spacial score (nSPS) is 21.3. The Morgan fingerprint density at radius 2 is 1.71 bits per heavy atom. The predicted octanol–water partition coefficient (Wildman–Crippen LogP) is 5.02. The molecule has 0 saturated heterocycles. The lowest BCUT2D eigenvalue weighted by Gasteiger charge is -2.29. The number of benzene rings is 1. The molecule has 0 unspecified atom stereocenters. The molecule has 0 atom stereocenters. The molecule has 1 saturated carbocycles. The molecule has 5 nitrogen and oxygen atoms in total. The zero-order valence-corrected chi connectivity index (χ0v) is 18.4. The topological polar surface area (TPSA) is 63.7 Å². The van der Waals surface area contributed by atoms with Gasteiger partial charge in [0, 0.05) is 18.2 Å². The molecule has 1 aromatic rings. The maximum Gasteiger partial charge on any atom is 0.330 e. The van der Waals surface area contributed by atoms with E-state index in [1.54, 1.807) is 6.08 Å². The first-order chi connectivity index (χ1) is 15.1. The number of hydrogen-bond acceptors (Lipinski definition) is 4. The van der Waals surface area contributed by atoms with Crippen LogP contribution in [0.15, 0.2) is 42.5 Å². The number of amides is 2. The Hall–Kier alpha value is -2.69. The van der Waals surface area contributed by atoms with Gasteiger partial charge in [0.15, 0.2) is 0 Å². The van der Waals surface area contributed by atoms with Gasteiger partial charge < -0.3 is 4.74 Å². The molecule has 1 aromatic carbocycles. The maximum atomic E-state index is 11.9. The Morgan fingerprint density at radius 3 is 2.35 bits per heavy atom. The first-order valence-corrected chi connectivity index (χ1v) is 11.5. The van der Waals surface area contributed by atoms with Gasteiger partial charge in [0.1, 0.15) is 6.61 Å². The van der Waals surface area contributed by atoms with Gasteiger partial charge in [-0.05, 0) is 54.7 Å². The van der Waals surface area contributed by atoms with E-state index in [2.05, 4.69) is 19.1 Å². The van der Waals surface area contributed by atoms with E-state index in [-0.39, 0.29) is 25.0 Å². The smallest absolute Gasteiger partial charge is 0.330 e. The maximum absolute atomic E-state index is 11.9. The molecule has 0 spiro atoms. The van der Waals surface area contributed by atoms with E-state index in [1.807, 2.05) is 12.1 Å². The highest BCUT2D eigenvalue weighted by atomic mass is 16.5. The molecule has 2 aliphatic rings. The van der Waals surface area contributed by atoms with E-state index in [0.29, 0.717) is 5.92 Å². The first-order valence-electron chi connectivity index (χ1n) is 11.5. The molecule has 5 heteroatoms. The van der Waals surface area contributed by atoms with Crippen LogP contribution in [0, 0.1) is 5.92 Å². The Kier molecular flexibility index (Phi) is 8.63. The fraction of sp³-hybridized carbons (Fsp3) is 0.500. The Balaban J connectivity index is 1.39. The molecule has 1 fully saturated rings. The molecule has 1 heterocycles. The Bertz CT molecular complexity index is 798. The van der Waals surface area contributed by atoms with E-state index >= 15 is 0 Å². The average molecular weight is 424 g/mol. The van der Waals surface area contributed by atoms with E-state index < -0.39 is 5.97 Å². The van der Waals surface area contributed by atoms with Crippen LogP contribution in [0.25, 0.3) is 6.08 Å². The summed E-state index contributed by atoms with van der Waals surface area (Å²) in [6, 6.07) is 8.43. The third-order valence-electron chi connectivity index (χ3n) is 6.34. The van der Waals surface area contributed by atoms with Gasteiger partial charge >= 0.3 is 5.97 Å². The number of imide groups is 1. The van der Waals surface area contributed by atoms with Gasteiger partial charge in [0.25, 0.3) is 11.8 Å². The summed E-state index contributed by atoms with van der Waals surface area (Å²) in [5, 5.41) is 0. The summed E-state index contributed by atoms with van der Waals surface area (Å²) in [7, 11) is 0. The average Bonchev–Trinajstić information content (AvgIpc) is 3.11. The summed E-state index contributed by atoms with van der Waals surface area (Å²) in [5.41, 5.74) is 2.34. The number of nitrogens with zero attached hydrogens (tertiary/aromatic N) is 1. The largest absolute Gasteiger partial charge is 0.461 e.